The Morgan fingerprint density at radius 3 is 2.88 bits per heavy atom. The van der Waals surface area contributed by atoms with Gasteiger partial charge < -0.3 is 19.5 Å². The highest BCUT2D eigenvalue weighted by Gasteiger charge is 2.42. The van der Waals surface area contributed by atoms with Gasteiger partial charge in [-0.25, -0.2) is 0 Å². The summed E-state index contributed by atoms with van der Waals surface area (Å²) in [5.41, 5.74) is 2.28. The van der Waals surface area contributed by atoms with E-state index in [4.69, 9.17) is 17.0 Å². The quantitative estimate of drug-likeness (QED) is 0.815. The van der Waals surface area contributed by atoms with Gasteiger partial charge in [0.15, 0.2) is 5.11 Å². The summed E-state index contributed by atoms with van der Waals surface area (Å²) in [4.78, 5) is 6.91. The molecule has 2 fully saturated rings. The molecule has 2 aliphatic heterocycles. The molecule has 0 unspecified atom stereocenters. The molecule has 3 atom stereocenters. The van der Waals surface area contributed by atoms with Crippen LogP contribution >= 0.6 is 12.2 Å². The summed E-state index contributed by atoms with van der Waals surface area (Å²) >= 11 is 5.73. The van der Waals surface area contributed by atoms with Crippen LogP contribution in [0, 0.1) is 0 Å². The van der Waals surface area contributed by atoms with Crippen LogP contribution in [0.2, 0.25) is 0 Å². The van der Waals surface area contributed by atoms with Gasteiger partial charge >= 0.3 is 0 Å². The first-order valence-electron chi connectivity index (χ1n) is 9.41. The van der Waals surface area contributed by atoms with Gasteiger partial charge in [-0.05, 0) is 63.2 Å². The van der Waals surface area contributed by atoms with Gasteiger partial charge in [0, 0.05) is 37.3 Å². The van der Waals surface area contributed by atoms with E-state index in [0.717, 1.165) is 36.8 Å². The van der Waals surface area contributed by atoms with E-state index in [-0.39, 0.29) is 18.2 Å². The molecule has 2 aromatic heterocycles. The van der Waals surface area contributed by atoms with Crippen LogP contribution in [0.1, 0.15) is 56.2 Å². The lowest BCUT2D eigenvalue weighted by Crippen LogP contribution is -2.37. The lowest BCUT2D eigenvalue weighted by molar-refractivity contribution is 0.0833. The number of ether oxygens (including phenoxy) is 1. The molecular formula is C20H26N4OS. The largest absolute Gasteiger partial charge is 0.376 e. The molecule has 0 saturated carbocycles. The minimum atomic E-state index is 0.0394. The van der Waals surface area contributed by atoms with E-state index in [1.165, 1.54) is 5.69 Å². The van der Waals surface area contributed by atoms with Crippen LogP contribution in [0.3, 0.4) is 0 Å². The molecule has 2 aromatic rings. The first-order chi connectivity index (χ1) is 12.6. The predicted octanol–water partition coefficient (Wildman–Crippen LogP) is 3.62. The zero-order valence-electron chi connectivity index (χ0n) is 15.3. The smallest absolute Gasteiger partial charge is 0.170 e. The number of rotatable bonds is 5. The molecule has 6 heteroatoms. The Morgan fingerprint density at radius 1 is 1.31 bits per heavy atom. The van der Waals surface area contributed by atoms with Crippen molar-refractivity contribution in [2.75, 3.05) is 13.2 Å². The van der Waals surface area contributed by atoms with Crippen LogP contribution in [0.25, 0.3) is 0 Å². The molecule has 138 valence electrons. The monoisotopic (exact) mass is 370 g/mol. The van der Waals surface area contributed by atoms with Crippen molar-refractivity contribution in [1.82, 2.24) is 19.8 Å². The summed E-state index contributed by atoms with van der Waals surface area (Å²) in [7, 11) is 0. The van der Waals surface area contributed by atoms with E-state index in [1.807, 2.05) is 18.3 Å². The summed E-state index contributed by atoms with van der Waals surface area (Å²) < 4.78 is 8.23. The second-order valence-electron chi connectivity index (χ2n) is 7.35. The summed E-state index contributed by atoms with van der Waals surface area (Å²) in [6.07, 6.45) is 6.49. The molecule has 2 saturated heterocycles. The van der Waals surface area contributed by atoms with E-state index in [1.54, 1.807) is 0 Å². The van der Waals surface area contributed by atoms with Crippen molar-refractivity contribution in [2.24, 2.45) is 0 Å². The number of nitrogens with zero attached hydrogens (tertiary/aromatic N) is 3. The average Bonchev–Trinajstić information content (AvgIpc) is 3.37. The highest BCUT2D eigenvalue weighted by atomic mass is 32.1. The fourth-order valence-electron chi connectivity index (χ4n) is 4.06. The summed E-state index contributed by atoms with van der Waals surface area (Å²) in [6, 6.07) is 10.9. The van der Waals surface area contributed by atoms with Gasteiger partial charge in [-0.3, -0.25) is 4.98 Å². The Morgan fingerprint density at radius 2 is 2.19 bits per heavy atom. The third-order valence-electron chi connectivity index (χ3n) is 5.29. The van der Waals surface area contributed by atoms with E-state index in [2.05, 4.69) is 58.0 Å². The second kappa shape index (κ2) is 7.37. The third-order valence-corrected chi connectivity index (χ3v) is 5.65. The summed E-state index contributed by atoms with van der Waals surface area (Å²) in [5.74, 6) is 0. The zero-order valence-corrected chi connectivity index (χ0v) is 16.2. The Balaban J connectivity index is 1.72. The summed E-state index contributed by atoms with van der Waals surface area (Å²) in [6.45, 7) is 6.10. The maximum atomic E-state index is 5.90. The normalized spacial score (nSPS) is 25.9. The number of nitrogens with one attached hydrogen (secondary N) is 1. The highest BCUT2D eigenvalue weighted by Crippen LogP contribution is 2.40. The molecule has 4 heterocycles. The molecule has 0 spiro atoms. The van der Waals surface area contributed by atoms with Crippen LogP contribution in [0.4, 0.5) is 0 Å². The third kappa shape index (κ3) is 3.23. The zero-order chi connectivity index (χ0) is 18.1. The van der Waals surface area contributed by atoms with Crippen LogP contribution < -0.4 is 5.32 Å². The molecule has 0 aromatic carbocycles. The van der Waals surface area contributed by atoms with Crippen LogP contribution in [-0.2, 0) is 4.74 Å². The van der Waals surface area contributed by atoms with Crippen molar-refractivity contribution in [2.45, 2.75) is 50.9 Å². The fourth-order valence-corrected chi connectivity index (χ4v) is 4.37. The predicted molar refractivity (Wildman–Crippen MR) is 106 cm³/mol. The van der Waals surface area contributed by atoms with Crippen LogP contribution in [0.15, 0.2) is 42.7 Å². The van der Waals surface area contributed by atoms with Crippen molar-refractivity contribution in [3.05, 3.63) is 54.1 Å². The standard InChI is InChI=1S/C20H26N4OS/c1-14(2)23-11-5-9-17(23)19-18(16-8-3-4-10-21-16)22-20(26)24(19)13-15-7-6-12-25-15/h3-5,8-11,14-15,18-19H,6-7,12-13H2,1-2H3,(H,22,26)/t15-,18-,19-/m1/s1. The molecule has 2 aliphatic rings. The number of pyridine rings is 1. The van der Waals surface area contributed by atoms with Gasteiger partial charge in [0.1, 0.15) is 0 Å². The molecule has 4 rings (SSSR count). The molecule has 26 heavy (non-hydrogen) atoms. The first kappa shape index (κ1) is 17.5. The van der Waals surface area contributed by atoms with Crippen molar-refractivity contribution in [3.63, 3.8) is 0 Å². The molecule has 0 aliphatic carbocycles. The first-order valence-corrected chi connectivity index (χ1v) is 9.82. The van der Waals surface area contributed by atoms with Crippen molar-refractivity contribution in [1.29, 1.82) is 0 Å². The molecule has 1 N–H and O–H groups in total. The van der Waals surface area contributed by atoms with Crippen molar-refractivity contribution < 1.29 is 4.74 Å². The minimum absolute atomic E-state index is 0.0394. The van der Waals surface area contributed by atoms with Gasteiger partial charge in [0.2, 0.25) is 0 Å². The maximum absolute atomic E-state index is 5.90. The van der Waals surface area contributed by atoms with Gasteiger partial charge in [-0.2, -0.15) is 0 Å². The Kier molecular flexibility index (Phi) is 4.96. The van der Waals surface area contributed by atoms with Crippen molar-refractivity contribution >= 4 is 17.3 Å². The number of hydrogen-bond acceptors (Lipinski definition) is 3. The molecule has 0 bridgehead atoms. The number of hydrogen-bond donors (Lipinski definition) is 1. The molecule has 5 nitrogen and oxygen atoms in total. The minimum Gasteiger partial charge on any atom is -0.376 e. The van der Waals surface area contributed by atoms with Crippen molar-refractivity contribution in [3.8, 4) is 0 Å². The van der Waals surface area contributed by atoms with Crippen LogP contribution in [-0.4, -0.2) is 38.8 Å². The Labute approximate surface area is 160 Å². The van der Waals surface area contributed by atoms with Gasteiger partial charge in [-0.15, -0.1) is 0 Å². The lowest BCUT2D eigenvalue weighted by atomic mass is 10.0. The lowest BCUT2D eigenvalue weighted by Gasteiger charge is -2.31. The summed E-state index contributed by atoms with van der Waals surface area (Å²) in [5, 5.41) is 4.31. The number of aromatic nitrogens is 2. The van der Waals surface area contributed by atoms with E-state index < -0.39 is 0 Å². The topological polar surface area (TPSA) is 42.3 Å². The fraction of sp³-hybridized carbons (Fsp3) is 0.500. The maximum Gasteiger partial charge on any atom is 0.170 e. The number of thiocarbonyl (C=S) groups is 1. The molecule has 0 amide bonds. The Hall–Kier alpha value is -1.92. The van der Waals surface area contributed by atoms with Crippen LogP contribution in [0.5, 0.6) is 0 Å². The second-order valence-corrected chi connectivity index (χ2v) is 7.73. The van der Waals surface area contributed by atoms with E-state index in [9.17, 15) is 0 Å². The van der Waals surface area contributed by atoms with Gasteiger partial charge in [-0.1, -0.05) is 6.07 Å². The van der Waals surface area contributed by atoms with Gasteiger partial charge in [0.25, 0.3) is 0 Å². The Bertz CT molecular complexity index is 754. The molecular weight excluding hydrogens is 344 g/mol. The van der Waals surface area contributed by atoms with Gasteiger partial charge in [0.05, 0.1) is 23.9 Å². The molecule has 0 radical (unpaired) electrons. The average molecular weight is 371 g/mol. The van der Waals surface area contributed by atoms with E-state index in [0.29, 0.717) is 6.04 Å². The van der Waals surface area contributed by atoms with E-state index >= 15 is 0 Å². The highest BCUT2D eigenvalue weighted by molar-refractivity contribution is 7.80. The SMILES string of the molecule is CC(C)n1cccc1[C@@H]1[C@@H](c2ccccn2)NC(=S)N1C[C@H]1CCCO1.